The average molecular weight is 325 g/mol. The zero-order chi connectivity index (χ0) is 17.7. The lowest BCUT2D eigenvalue weighted by Gasteiger charge is -2.41. The van der Waals surface area contributed by atoms with Gasteiger partial charge in [0.1, 0.15) is 5.78 Å². The number of hydrogen-bond acceptors (Lipinski definition) is 2. The summed E-state index contributed by atoms with van der Waals surface area (Å²) < 4.78 is 6.57. The average Bonchev–Trinajstić information content (AvgIpc) is 2.39. The highest BCUT2D eigenvalue weighted by atomic mass is 28.4. The largest absolute Gasteiger partial charge is 0.410 e. The van der Waals surface area contributed by atoms with Crippen molar-refractivity contribution < 1.29 is 9.22 Å². The fourth-order valence-corrected chi connectivity index (χ4v) is 3.29. The van der Waals surface area contributed by atoms with E-state index in [4.69, 9.17) is 4.43 Å². The van der Waals surface area contributed by atoms with E-state index in [1.54, 1.807) is 0 Å². The van der Waals surface area contributed by atoms with E-state index in [1.165, 1.54) is 5.57 Å². The third-order valence-electron chi connectivity index (χ3n) is 4.81. The Kier molecular flexibility index (Phi) is 8.00. The SMILES string of the molecule is C/C=C(\C)[C@@H](O[Si](C)(C)C(C)(C)C)[C@H](C)C(=O)CC=C(C)C. The molecule has 0 saturated heterocycles. The van der Waals surface area contributed by atoms with Crippen LogP contribution in [0.5, 0.6) is 0 Å². The lowest BCUT2D eigenvalue weighted by Crippen LogP contribution is -2.46. The van der Waals surface area contributed by atoms with Crippen LogP contribution >= 0.6 is 0 Å². The van der Waals surface area contributed by atoms with Crippen molar-refractivity contribution in [3.63, 3.8) is 0 Å². The lowest BCUT2D eigenvalue weighted by molar-refractivity contribution is -0.123. The van der Waals surface area contributed by atoms with E-state index in [0.717, 1.165) is 5.57 Å². The maximum absolute atomic E-state index is 12.5. The van der Waals surface area contributed by atoms with Gasteiger partial charge in [0.25, 0.3) is 0 Å². The quantitative estimate of drug-likeness (QED) is 0.430. The Morgan fingerprint density at radius 2 is 1.68 bits per heavy atom. The molecule has 0 aromatic carbocycles. The predicted octanol–water partition coefficient (Wildman–Crippen LogP) is 5.90. The second kappa shape index (κ2) is 8.26. The van der Waals surface area contributed by atoms with Crippen molar-refractivity contribution >= 4 is 14.1 Å². The van der Waals surface area contributed by atoms with Crippen LogP contribution in [0.25, 0.3) is 0 Å². The number of hydrogen-bond donors (Lipinski definition) is 0. The van der Waals surface area contributed by atoms with Crippen LogP contribution in [0.2, 0.25) is 18.1 Å². The van der Waals surface area contributed by atoms with Gasteiger partial charge < -0.3 is 4.43 Å². The van der Waals surface area contributed by atoms with E-state index >= 15 is 0 Å². The molecule has 0 spiro atoms. The van der Waals surface area contributed by atoms with Gasteiger partial charge in [-0.25, -0.2) is 0 Å². The van der Waals surface area contributed by atoms with Crippen LogP contribution in [0.1, 0.15) is 61.8 Å². The number of rotatable bonds is 7. The Labute approximate surface area is 139 Å². The molecule has 0 N–H and O–H groups in total. The van der Waals surface area contributed by atoms with Gasteiger partial charge in [-0.1, -0.05) is 45.4 Å². The first-order valence-electron chi connectivity index (χ1n) is 8.30. The van der Waals surface area contributed by atoms with Crippen molar-refractivity contribution in [1.82, 2.24) is 0 Å². The molecule has 0 aliphatic rings. The van der Waals surface area contributed by atoms with Crippen molar-refractivity contribution in [2.24, 2.45) is 5.92 Å². The van der Waals surface area contributed by atoms with Crippen LogP contribution in [-0.2, 0) is 9.22 Å². The highest BCUT2D eigenvalue weighted by Gasteiger charge is 2.41. The van der Waals surface area contributed by atoms with E-state index < -0.39 is 8.32 Å². The van der Waals surface area contributed by atoms with E-state index in [2.05, 4.69) is 46.9 Å². The van der Waals surface area contributed by atoms with Gasteiger partial charge in [-0.3, -0.25) is 4.79 Å². The number of ketones is 1. The van der Waals surface area contributed by atoms with Gasteiger partial charge >= 0.3 is 0 Å². The summed E-state index contributed by atoms with van der Waals surface area (Å²) in [6, 6.07) is 0. The summed E-state index contributed by atoms with van der Waals surface area (Å²) in [5.74, 6) is 0.145. The summed E-state index contributed by atoms with van der Waals surface area (Å²) in [5, 5.41) is 0.141. The highest BCUT2D eigenvalue weighted by Crippen LogP contribution is 2.39. The molecule has 3 heteroatoms. The van der Waals surface area contributed by atoms with Crippen LogP contribution in [0.4, 0.5) is 0 Å². The van der Waals surface area contributed by atoms with Gasteiger partial charge in [0, 0.05) is 12.3 Å². The van der Waals surface area contributed by atoms with Crippen LogP contribution in [0.15, 0.2) is 23.3 Å². The fourth-order valence-electron chi connectivity index (χ4n) is 1.91. The van der Waals surface area contributed by atoms with Gasteiger partial charge in [0.15, 0.2) is 8.32 Å². The molecule has 0 aliphatic heterocycles. The minimum absolute atomic E-state index is 0.107. The van der Waals surface area contributed by atoms with Gasteiger partial charge in [0.05, 0.1) is 6.10 Å². The summed E-state index contributed by atoms with van der Waals surface area (Å²) in [4.78, 5) is 12.5. The van der Waals surface area contributed by atoms with Gasteiger partial charge in [-0.15, -0.1) is 0 Å². The number of carbonyl (C=O) groups excluding carboxylic acids is 1. The molecule has 0 fully saturated rings. The number of allylic oxidation sites excluding steroid dienone is 3. The zero-order valence-electron chi connectivity index (χ0n) is 16.3. The molecular formula is C19H36O2Si. The molecule has 0 rings (SSSR count). The second-order valence-electron chi connectivity index (χ2n) is 8.07. The van der Waals surface area contributed by atoms with Crippen molar-refractivity contribution in [1.29, 1.82) is 0 Å². The van der Waals surface area contributed by atoms with Crippen LogP contribution in [0.3, 0.4) is 0 Å². The third-order valence-corrected chi connectivity index (χ3v) is 9.26. The van der Waals surface area contributed by atoms with Gasteiger partial charge in [-0.05, 0) is 51.4 Å². The maximum atomic E-state index is 12.5. The Balaban J connectivity index is 5.32. The molecule has 0 aromatic heterocycles. The van der Waals surface area contributed by atoms with E-state index in [1.807, 2.05) is 33.8 Å². The standard InChI is InChI=1S/C19H36O2Si/c1-11-15(4)18(21-22(9,10)19(6,7)8)16(5)17(20)13-12-14(2)3/h11-12,16,18H,13H2,1-10H3/b15-11+/t16-,18-/m1/s1. The molecule has 0 saturated carbocycles. The third kappa shape index (κ3) is 6.21. The Hall–Kier alpha value is -0.673. The summed E-state index contributed by atoms with van der Waals surface area (Å²) in [6.07, 6.45) is 4.47. The molecule has 0 aromatic rings. The van der Waals surface area contributed by atoms with Crippen LogP contribution in [-0.4, -0.2) is 20.2 Å². The molecule has 0 aliphatic carbocycles. The smallest absolute Gasteiger partial charge is 0.192 e. The lowest BCUT2D eigenvalue weighted by atomic mass is 9.92. The molecule has 0 bridgehead atoms. The van der Waals surface area contributed by atoms with Crippen molar-refractivity contribution in [3.05, 3.63) is 23.3 Å². The molecular weight excluding hydrogens is 288 g/mol. The first kappa shape index (κ1) is 21.3. The van der Waals surface area contributed by atoms with Crippen molar-refractivity contribution in [2.75, 3.05) is 0 Å². The van der Waals surface area contributed by atoms with Crippen molar-refractivity contribution in [2.45, 2.75) is 86.0 Å². The Morgan fingerprint density at radius 3 is 2.05 bits per heavy atom. The Morgan fingerprint density at radius 1 is 1.18 bits per heavy atom. The summed E-state index contributed by atoms with van der Waals surface area (Å²) in [5.41, 5.74) is 2.34. The predicted molar refractivity (Wildman–Crippen MR) is 99.7 cm³/mol. The molecule has 0 radical (unpaired) electrons. The van der Waals surface area contributed by atoms with E-state index in [-0.39, 0.29) is 22.8 Å². The van der Waals surface area contributed by atoms with Gasteiger partial charge in [-0.2, -0.15) is 0 Å². The number of Topliss-reactive ketones (excluding diaryl/α,β-unsaturated/α-hetero) is 1. The summed E-state index contributed by atoms with van der Waals surface area (Å²) >= 11 is 0. The second-order valence-corrected chi connectivity index (χ2v) is 12.8. The monoisotopic (exact) mass is 324 g/mol. The van der Waals surface area contributed by atoms with Crippen molar-refractivity contribution in [3.8, 4) is 0 Å². The summed E-state index contributed by atoms with van der Waals surface area (Å²) in [7, 11) is -1.91. The minimum atomic E-state index is -1.91. The highest BCUT2D eigenvalue weighted by molar-refractivity contribution is 6.74. The summed E-state index contributed by atoms with van der Waals surface area (Å²) in [6.45, 7) is 21.3. The number of carbonyl (C=O) groups is 1. The molecule has 0 unspecified atom stereocenters. The fraction of sp³-hybridized carbons (Fsp3) is 0.737. The molecule has 0 heterocycles. The topological polar surface area (TPSA) is 26.3 Å². The molecule has 2 nitrogen and oxygen atoms in total. The van der Waals surface area contributed by atoms with E-state index in [0.29, 0.717) is 6.42 Å². The zero-order valence-corrected chi connectivity index (χ0v) is 17.3. The normalized spacial score (nSPS) is 16.2. The van der Waals surface area contributed by atoms with E-state index in [9.17, 15) is 4.79 Å². The first-order valence-corrected chi connectivity index (χ1v) is 11.2. The van der Waals surface area contributed by atoms with Gasteiger partial charge in [0.2, 0.25) is 0 Å². The Bertz CT molecular complexity index is 435. The first-order chi connectivity index (χ1) is 9.83. The molecule has 128 valence electrons. The minimum Gasteiger partial charge on any atom is -0.410 e. The molecule has 22 heavy (non-hydrogen) atoms. The molecule has 0 amide bonds. The maximum Gasteiger partial charge on any atom is 0.192 e. The van der Waals surface area contributed by atoms with Crippen LogP contribution < -0.4 is 0 Å². The molecule has 2 atom stereocenters. The van der Waals surface area contributed by atoms with Crippen LogP contribution in [0, 0.1) is 5.92 Å².